The van der Waals surface area contributed by atoms with Crippen LogP contribution in [0.15, 0.2) is 24.3 Å². The minimum Gasteiger partial charge on any atom is -0.303 e. The van der Waals surface area contributed by atoms with Crippen molar-refractivity contribution in [2.75, 3.05) is 13.1 Å². The molecule has 86 valence electrons. The first-order chi connectivity index (χ1) is 7.78. The highest BCUT2D eigenvalue weighted by Crippen LogP contribution is 2.17. The summed E-state index contributed by atoms with van der Waals surface area (Å²) >= 11 is 0. The van der Waals surface area contributed by atoms with Crippen LogP contribution in [-0.2, 0) is 11.3 Å². The molecule has 2 heteroatoms. The van der Waals surface area contributed by atoms with Gasteiger partial charge in [0.05, 0.1) is 0 Å². The maximum Gasteiger partial charge on any atom is 0.123 e. The molecule has 1 aliphatic heterocycles. The second-order valence-corrected chi connectivity index (χ2v) is 4.74. The number of piperidine rings is 1. The molecular weight excluding hydrogens is 198 g/mol. The molecule has 1 aliphatic rings. The van der Waals surface area contributed by atoms with Crippen LogP contribution in [0.25, 0.3) is 0 Å². The fraction of sp³-hybridized carbons (Fsp3) is 0.500. The summed E-state index contributed by atoms with van der Waals surface area (Å²) in [6.07, 6.45) is 3.16. The molecule has 0 unspecified atom stereocenters. The Morgan fingerprint density at radius 3 is 2.44 bits per heavy atom. The fourth-order valence-corrected chi connectivity index (χ4v) is 2.20. The van der Waals surface area contributed by atoms with Crippen LogP contribution in [-0.4, -0.2) is 24.3 Å². The maximum absolute atomic E-state index is 10.6. The lowest BCUT2D eigenvalue weighted by Gasteiger charge is -2.29. The average Bonchev–Trinajstić information content (AvgIpc) is 2.33. The molecule has 16 heavy (non-hydrogen) atoms. The number of likely N-dealkylation sites (tertiary alicyclic amines) is 1. The third-order valence-corrected chi connectivity index (χ3v) is 3.35. The van der Waals surface area contributed by atoms with Gasteiger partial charge in [-0.3, -0.25) is 4.90 Å². The summed E-state index contributed by atoms with van der Waals surface area (Å²) in [5.74, 6) is 0.300. The molecule has 0 spiro atoms. The number of nitrogens with zero attached hydrogens (tertiary/aromatic N) is 1. The lowest BCUT2D eigenvalue weighted by molar-refractivity contribution is -0.112. The molecule has 1 fully saturated rings. The topological polar surface area (TPSA) is 20.3 Å². The van der Waals surface area contributed by atoms with Crippen LogP contribution in [0.5, 0.6) is 0 Å². The highest BCUT2D eigenvalue weighted by Gasteiger charge is 2.18. The Labute approximate surface area is 97.3 Å². The summed E-state index contributed by atoms with van der Waals surface area (Å²) in [7, 11) is 0. The number of carbonyl (C=O) groups excluding carboxylic acids is 1. The monoisotopic (exact) mass is 217 g/mol. The number of hydrogen-bond acceptors (Lipinski definition) is 2. The number of rotatable bonds is 3. The minimum atomic E-state index is 0.300. The van der Waals surface area contributed by atoms with Crippen molar-refractivity contribution < 1.29 is 4.79 Å². The van der Waals surface area contributed by atoms with E-state index in [9.17, 15) is 4.79 Å². The van der Waals surface area contributed by atoms with Crippen LogP contribution in [0.1, 0.15) is 24.0 Å². The molecule has 2 nitrogen and oxygen atoms in total. The molecule has 0 aliphatic carbocycles. The van der Waals surface area contributed by atoms with Gasteiger partial charge in [-0.25, -0.2) is 0 Å². The summed E-state index contributed by atoms with van der Waals surface area (Å²) in [4.78, 5) is 13.1. The quantitative estimate of drug-likeness (QED) is 0.725. The van der Waals surface area contributed by atoms with Crippen molar-refractivity contribution in [3.63, 3.8) is 0 Å². The van der Waals surface area contributed by atoms with Crippen LogP contribution in [0.3, 0.4) is 0 Å². The third-order valence-electron chi connectivity index (χ3n) is 3.35. The summed E-state index contributed by atoms with van der Waals surface area (Å²) in [5.41, 5.74) is 2.68. The van der Waals surface area contributed by atoms with Crippen LogP contribution >= 0.6 is 0 Å². The SMILES string of the molecule is Cc1ccc(CN2CCC(C=O)CC2)cc1. The Balaban J connectivity index is 1.86. The van der Waals surface area contributed by atoms with E-state index in [-0.39, 0.29) is 0 Å². The van der Waals surface area contributed by atoms with E-state index in [1.165, 1.54) is 11.1 Å². The summed E-state index contributed by atoms with van der Waals surface area (Å²) < 4.78 is 0. The van der Waals surface area contributed by atoms with Crippen LogP contribution in [0.4, 0.5) is 0 Å². The van der Waals surface area contributed by atoms with Crippen molar-refractivity contribution in [1.29, 1.82) is 0 Å². The van der Waals surface area contributed by atoms with Gasteiger partial charge in [-0.15, -0.1) is 0 Å². The Hall–Kier alpha value is -1.15. The molecule has 0 N–H and O–H groups in total. The largest absolute Gasteiger partial charge is 0.303 e. The lowest BCUT2D eigenvalue weighted by atomic mass is 9.98. The summed E-state index contributed by atoms with van der Waals surface area (Å²) in [5, 5.41) is 0. The second kappa shape index (κ2) is 5.26. The van der Waals surface area contributed by atoms with Crippen molar-refractivity contribution in [1.82, 2.24) is 4.90 Å². The minimum absolute atomic E-state index is 0.300. The fourth-order valence-electron chi connectivity index (χ4n) is 2.20. The van der Waals surface area contributed by atoms with E-state index in [4.69, 9.17) is 0 Å². The third kappa shape index (κ3) is 2.92. The molecule has 1 aromatic carbocycles. The molecule has 2 rings (SSSR count). The normalized spacial score (nSPS) is 18.6. The van der Waals surface area contributed by atoms with Crippen molar-refractivity contribution in [3.05, 3.63) is 35.4 Å². The highest BCUT2D eigenvalue weighted by atomic mass is 16.1. The van der Waals surface area contributed by atoms with Gasteiger partial charge in [-0.1, -0.05) is 29.8 Å². The van der Waals surface area contributed by atoms with E-state index < -0.39 is 0 Å². The Morgan fingerprint density at radius 2 is 1.88 bits per heavy atom. The first-order valence-corrected chi connectivity index (χ1v) is 6.01. The van der Waals surface area contributed by atoms with Gasteiger partial charge < -0.3 is 4.79 Å². The second-order valence-electron chi connectivity index (χ2n) is 4.74. The molecule has 1 aromatic rings. The van der Waals surface area contributed by atoms with Crippen molar-refractivity contribution in [2.45, 2.75) is 26.3 Å². The zero-order chi connectivity index (χ0) is 11.4. The molecule has 0 aromatic heterocycles. The number of benzene rings is 1. The van der Waals surface area contributed by atoms with E-state index in [0.717, 1.165) is 38.8 Å². The Bertz CT molecular complexity index is 336. The zero-order valence-corrected chi connectivity index (χ0v) is 9.86. The molecule has 0 atom stereocenters. The number of hydrogen-bond donors (Lipinski definition) is 0. The molecular formula is C14H19NO. The van der Waals surface area contributed by atoms with E-state index in [1.54, 1.807) is 0 Å². The standard InChI is InChI=1S/C14H19NO/c1-12-2-4-13(5-3-12)10-15-8-6-14(11-16)7-9-15/h2-5,11,14H,6-10H2,1H3. The summed E-state index contributed by atoms with van der Waals surface area (Å²) in [6, 6.07) is 8.71. The predicted octanol–water partition coefficient (Wildman–Crippen LogP) is 2.41. The van der Waals surface area contributed by atoms with Gasteiger partial charge in [0.15, 0.2) is 0 Å². The zero-order valence-electron chi connectivity index (χ0n) is 9.86. The van der Waals surface area contributed by atoms with Gasteiger partial charge >= 0.3 is 0 Å². The van der Waals surface area contributed by atoms with Gasteiger partial charge in [0, 0.05) is 12.5 Å². The first kappa shape index (κ1) is 11.3. The summed E-state index contributed by atoms with van der Waals surface area (Å²) in [6.45, 7) is 5.24. The van der Waals surface area contributed by atoms with Crippen molar-refractivity contribution >= 4 is 6.29 Å². The number of carbonyl (C=O) groups is 1. The molecule has 0 radical (unpaired) electrons. The van der Waals surface area contributed by atoms with Crippen molar-refractivity contribution in [2.24, 2.45) is 5.92 Å². The number of aldehydes is 1. The molecule has 0 saturated carbocycles. The average molecular weight is 217 g/mol. The predicted molar refractivity (Wildman–Crippen MR) is 65.2 cm³/mol. The van der Waals surface area contributed by atoms with E-state index >= 15 is 0 Å². The van der Waals surface area contributed by atoms with Gasteiger partial charge in [-0.05, 0) is 38.4 Å². The number of aryl methyl sites for hydroxylation is 1. The van der Waals surface area contributed by atoms with E-state index in [0.29, 0.717) is 5.92 Å². The molecule has 1 heterocycles. The highest BCUT2D eigenvalue weighted by molar-refractivity contribution is 5.53. The maximum atomic E-state index is 10.6. The van der Waals surface area contributed by atoms with Crippen LogP contribution in [0, 0.1) is 12.8 Å². The first-order valence-electron chi connectivity index (χ1n) is 6.01. The molecule has 0 amide bonds. The lowest BCUT2D eigenvalue weighted by Crippen LogP contribution is -2.33. The van der Waals surface area contributed by atoms with Gasteiger partial charge in [0.25, 0.3) is 0 Å². The molecule has 0 bridgehead atoms. The Morgan fingerprint density at radius 1 is 1.25 bits per heavy atom. The van der Waals surface area contributed by atoms with E-state index in [1.807, 2.05) is 0 Å². The van der Waals surface area contributed by atoms with Gasteiger partial charge in [0.2, 0.25) is 0 Å². The van der Waals surface area contributed by atoms with Gasteiger partial charge in [0.1, 0.15) is 6.29 Å². The van der Waals surface area contributed by atoms with Gasteiger partial charge in [-0.2, -0.15) is 0 Å². The van der Waals surface area contributed by atoms with Crippen molar-refractivity contribution in [3.8, 4) is 0 Å². The van der Waals surface area contributed by atoms with E-state index in [2.05, 4.69) is 36.1 Å². The Kier molecular flexibility index (Phi) is 3.73. The van der Waals surface area contributed by atoms with Crippen LogP contribution < -0.4 is 0 Å². The molecule has 1 saturated heterocycles. The van der Waals surface area contributed by atoms with Crippen LogP contribution in [0.2, 0.25) is 0 Å². The smallest absolute Gasteiger partial charge is 0.123 e.